The van der Waals surface area contributed by atoms with Crippen molar-refractivity contribution in [3.05, 3.63) is 29.8 Å². The molecule has 0 saturated carbocycles. The van der Waals surface area contributed by atoms with Crippen LogP contribution in [0.5, 0.6) is 0 Å². The van der Waals surface area contributed by atoms with Crippen LogP contribution in [0.15, 0.2) is 24.3 Å². The molecule has 1 amide bonds. The van der Waals surface area contributed by atoms with Crippen LogP contribution in [0.25, 0.3) is 0 Å². The third-order valence-corrected chi connectivity index (χ3v) is 1.75. The van der Waals surface area contributed by atoms with Crippen LogP contribution < -0.4 is 16.8 Å². The summed E-state index contributed by atoms with van der Waals surface area (Å²) in [6.07, 6.45) is 0.0624. The van der Waals surface area contributed by atoms with Gasteiger partial charge in [-0.3, -0.25) is 4.79 Å². The molecule has 1 aromatic carbocycles. The molecular formula is C11H11N3OS. The SMILES string of the molecule is NC(=O)CC#Cc1ccc(NC(N)=S)cc1. The fraction of sp³-hybridized carbons (Fsp3) is 0.0909. The van der Waals surface area contributed by atoms with E-state index in [0.29, 0.717) is 0 Å². The van der Waals surface area contributed by atoms with Crippen molar-refractivity contribution in [2.75, 3.05) is 5.32 Å². The van der Waals surface area contributed by atoms with Crippen molar-refractivity contribution < 1.29 is 4.79 Å². The Balaban J connectivity index is 2.66. The van der Waals surface area contributed by atoms with Crippen LogP contribution in [0.3, 0.4) is 0 Å². The van der Waals surface area contributed by atoms with Crippen LogP contribution in [0.1, 0.15) is 12.0 Å². The molecule has 0 heterocycles. The molecule has 0 fully saturated rings. The molecule has 1 rings (SSSR count). The number of hydrogen-bond acceptors (Lipinski definition) is 2. The van der Waals surface area contributed by atoms with Gasteiger partial charge in [0.1, 0.15) is 0 Å². The molecular weight excluding hydrogens is 222 g/mol. The summed E-state index contributed by atoms with van der Waals surface area (Å²) in [7, 11) is 0. The number of benzene rings is 1. The van der Waals surface area contributed by atoms with Crippen LogP contribution in [-0.2, 0) is 4.79 Å². The largest absolute Gasteiger partial charge is 0.376 e. The fourth-order valence-electron chi connectivity index (χ4n) is 1.01. The minimum absolute atomic E-state index is 0.0624. The van der Waals surface area contributed by atoms with Gasteiger partial charge in [-0.2, -0.15) is 0 Å². The second kappa shape index (κ2) is 5.73. The first kappa shape index (κ1) is 12.0. The Morgan fingerprint density at radius 1 is 1.31 bits per heavy atom. The van der Waals surface area contributed by atoms with E-state index in [1.54, 1.807) is 24.3 Å². The van der Waals surface area contributed by atoms with E-state index in [-0.39, 0.29) is 11.5 Å². The predicted octanol–water partition coefficient (Wildman–Crippen LogP) is 0.569. The molecule has 0 aliphatic carbocycles. The zero-order valence-electron chi connectivity index (χ0n) is 8.49. The maximum absolute atomic E-state index is 10.4. The summed E-state index contributed by atoms with van der Waals surface area (Å²) in [5, 5.41) is 3.01. The molecule has 0 bridgehead atoms. The van der Waals surface area contributed by atoms with Gasteiger partial charge in [-0.25, -0.2) is 0 Å². The number of carbonyl (C=O) groups is 1. The van der Waals surface area contributed by atoms with Crippen LogP contribution >= 0.6 is 12.2 Å². The smallest absolute Gasteiger partial charge is 0.229 e. The molecule has 4 nitrogen and oxygen atoms in total. The third-order valence-electron chi connectivity index (χ3n) is 1.65. The summed E-state index contributed by atoms with van der Waals surface area (Å²) in [5.41, 5.74) is 11.9. The van der Waals surface area contributed by atoms with E-state index in [1.165, 1.54) is 0 Å². The van der Waals surface area contributed by atoms with E-state index in [2.05, 4.69) is 17.2 Å². The molecule has 0 unspecified atom stereocenters. The summed E-state index contributed by atoms with van der Waals surface area (Å²) in [5.74, 6) is 5.05. The lowest BCUT2D eigenvalue weighted by molar-refractivity contribution is -0.117. The van der Waals surface area contributed by atoms with Crippen LogP contribution in [0.2, 0.25) is 0 Å². The molecule has 0 atom stereocenters. The van der Waals surface area contributed by atoms with E-state index >= 15 is 0 Å². The van der Waals surface area contributed by atoms with Crippen molar-refractivity contribution in [1.29, 1.82) is 0 Å². The Labute approximate surface area is 99.0 Å². The first-order valence-electron chi connectivity index (χ1n) is 4.51. The molecule has 5 N–H and O–H groups in total. The molecule has 0 saturated heterocycles. The summed E-state index contributed by atoms with van der Waals surface area (Å²) in [6, 6.07) is 7.20. The number of amides is 1. The summed E-state index contributed by atoms with van der Waals surface area (Å²) >= 11 is 4.70. The molecule has 0 aliphatic heterocycles. The van der Waals surface area contributed by atoms with E-state index in [1.807, 2.05) is 0 Å². The number of nitrogens with two attached hydrogens (primary N) is 2. The summed E-state index contributed by atoms with van der Waals surface area (Å²) < 4.78 is 0. The van der Waals surface area contributed by atoms with Gasteiger partial charge in [0.2, 0.25) is 5.91 Å². The zero-order chi connectivity index (χ0) is 12.0. The van der Waals surface area contributed by atoms with E-state index in [4.69, 9.17) is 23.7 Å². The van der Waals surface area contributed by atoms with Crippen molar-refractivity contribution in [3.63, 3.8) is 0 Å². The molecule has 0 radical (unpaired) electrons. The average molecular weight is 233 g/mol. The Bertz CT molecular complexity index is 456. The van der Waals surface area contributed by atoms with E-state index in [0.717, 1.165) is 11.3 Å². The highest BCUT2D eigenvalue weighted by Crippen LogP contribution is 2.08. The quantitative estimate of drug-likeness (QED) is 0.515. The first-order chi connectivity index (χ1) is 7.58. The maximum atomic E-state index is 10.4. The molecule has 82 valence electrons. The molecule has 16 heavy (non-hydrogen) atoms. The van der Waals surface area contributed by atoms with Crippen molar-refractivity contribution in [1.82, 2.24) is 0 Å². The van der Waals surface area contributed by atoms with Crippen LogP contribution in [0.4, 0.5) is 5.69 Å². The number of rotatable bonds is 2. The van der Waals surface area contributed by atoms with E-state index in [9.17, 15) is 4.79 Å². The number of nitrogens with one attached hydrogen (secondary N) is 1. The lowest BCUT2D eigenvalue weighted by Gasteiger charge is -2.02. The summed E-state index contributed by atoms with van der Waals surface area (Å²) in [4.78, 5) is 10.4. The molecule has 0 spiro atoms. The Kier molecular flexibility index (Phi) is 4.30. The highest BCUT2D eigenvalue weighted by atomic mass is 32.1. The van der Waals surface area contributed by atoms with Crippen molar-refractivity contribution >= 4 is 28.9 Å². The maximum Gasteiger partial charge on any atom is 0.229 e. The van der Waals surface area contributed by atoms with Gasteiger partial charge >= 0.3 is 0 Å². The molecule has 0 aliphatic rings. The minimum Gasteiger partial charge on any atom is -0.376 e. The fourth-order valence-corrected chi connectivity index (χ4v) is 1.13. The Hall–Kier alpha value is -2.06. The van der Waals surface area contributed by atoms with Gasteiger partial charge < -0.3 is 16.8 Å². The van der Waals surface area contributed by atoms with Crippen molar-refractivity contribution in [2.45, 2.75) is 6.42 Å². The standard InChI is InChI=1S/C11H11N3OS/c12-10(15)3-1-2-8-4-6-9(7-5-8)14-11(13)16/h4-7H,3H2,(H2,12,15)(H3,13,14,16). The van der Waals surface area contributed by atoms with Gasteiger partial charge in [0.05, 0.1) is 6.42 Å². The van der Waals surface area contributed by atoms with Crippen LogP contribution in [-0.4, -0.2) is 11.0 Å². The zero-order valence-corrected chi connectivity index (χ0v) is 9.30. The van der Waals surface area contributed by atoms with Gasteiger partial charge in [0.25, 0.3) is 0 Å². The highest BCUT2D eigenvalue weighted by Gasteiger charge is 1.92. The van der Waals surface area contributed by atoms with Crippen molar-refractivity contribution in [2.24, 2.45) is 11.5 Å². The monoisotopic (exact) mass is 233 g/mol. The Morgan fingerprint density at radius 2 is 1.94 bits per heavy atom. The third kappa shape index (κ3) is 4.44. The second-order valence-electron chi connectivity index (χ2n) is 3.01. The number of hydrogen-bond donors (Lipinski definition) is 3. The minimum atomic E-state index is -0.431. The topological polar surface area (TPSA) is 81.1 Å². The molecule has 0 aromatic heterocycles. The van der Waals surface area contributed by atoms with Gasteiger partial charge in [-0.1, -0.05) is 11.8 Å². The van der Waals surface area contributed by atoms with Gasteiger partial charge in [0.15, 0.2) is 5.11 Å². The number of carbonyl (C=O) groups excluding carboxylic acids is 1. The lowest BCUT2D eigenvalue weighted by Crippen LogP contribution is -2.18. The predicted molar refractivity (Wildman–Crippen MR) is 67.5 cm³/mol. The van der Waals surface area contributed by atoms with Crippen LogP contribution in [0, 0.1) is 11.8 Å². The van der Waals surface area contributed by atoms with E-state index < -0.39 is 5.91 Å². The van der Waals surface area contributed by atoms with Gasteiger partial charge in [0, 0.05) is 11.3 Å². The number of anilines is 1. The number of thiocarbonyl (C=S) groups is 1. The lowest BCUT2D eigenvalue weighted by atomic mass is 10.2. The normalized spacial score (nSPS) is 8.75. The van der Waals surface area contributed by atoms with Gasteiger partial charge in [-0.15, -0.1) is 0 Å². The first-order valence-corrected chi connectivity index (χ1v) is 4.92. The Morgan fingerprint density at radius 3 is 2.44 bits per heavy atom. The van der Waals surface area contributed by atoms with Crippen molar-refractivity contribution in [3.8, 4) is 11.8 Å². The molecule has 1 aromatic rings. The highest BCUT2D eigenvalue weighted by molar-refractivity contribution is 7.80. The van der Waals surface area contributed by atoms with Gasteiger partial charge in [-0.05, 0) is 36.5 Å². The number of primary amides is 1. The second-order valence-corrected chi connectivity index (χ2v) is 3.45. The molecule has 5 heteroatoms. The average Bonchev–Trinajstić information content (AvgIpc) is 2.19. The summed E-state index contributed by atoms with van der Waals surface area (Å²) in [6.45, 7) is 0.